The first-order valence-corrected chi connectivity index (χ1v) is 8.74. The van der Waals surface area contributed by atoms with Gasteiger partial charge in [0.05, 0.1) is 30.7 Å². The van der Waals surface area contributed by atoms with Gasteiger partial charge in [-0.3, -0.25) is 9.69 Å². The molecule has 2 aromatic rings. The summed E-state index contributed by atoms with van der Waals surface area (Å²) >= 11 is 0. The highest BCUT2D eigenvalue weighted by atomic mass is 16.5. The van der Waals surface area contributed by atoms with Gasteiger partial charge in [-0.05, 0) is 18.1 Å². The summed E-state index contributed by atoms with van der Waals surface area (Å²) in [5, 5.41) is 7.40. The summed E-state index contributed by atoms with van der Waals surface area (Å²) in [4.78, 5) is 19.3. The summed E-state index contributed by atoms with van der Waals surface area (Å²) in [6.45, 7) is 8.94. The number of hydrogen-bond donors (Lipinski definition) is 1. The van der Waals surface area contributed by atoms with Crippen LogP contribution in [0.15, 0.2) is 30.6 Å². The van der Waals surface area contributed by atoms with E-state index in [1.54, 1.807) is 17.1 Å². The lowest BCUT2D eigenvalue weighted by Gasteiger charge is -2.26. The predicted molar refractivity (Wildman–Crippen MR) is 95.0 cm³/mol. The molecule has 25 heavy (non-hydrogen) atoms. The molecule has 0 aromatic carbocycles. The van der Waals surface area contributed by atoms with Crippen molar-refractivity contribution in [3.05, 3.63) is 41.9 Å². The molecule has 3 heterocycles. The maximum Gasteiger partial charge on any atom is 0.254 e. The van der Waals surface area contributed by atoms with Crippen molar-refractivity contribution in [1.29, 1.82) is 0 Å². The molecule has 0 aliphatic carbocycles. The number of aromatic nitrogens is 3. The van der Waals surface area contributed by atoms with Crippen LogP contribution < -0.4 is 5.32 Å². The van der Waals surface area contributed by atoms with Crippen LogP contribution in [0.1, 0.15) is 35.8 Å². The molecule has 1 fully saturated rings. The van der Waals surface area contributed by atoms with E-state index in [4.69, 9.17) is 4.74 Å². The van der Waals surface area contributed by atoms with Gasteiger partial charge in [-0.15, -0.1) is 0 Å². The lowest BCUT2D eigenvalue weighted by molar-refractivity contribution is 0.0383. The molecular weight excluding hydrogens is 318 g/mol. The minimum absolute atomic E-state index is 0.0841. The molecule has 1 amide bonds. The lowest BCUT2D eigenvalue weighted by atomic mass is 10.1. The molecule has 0 bridgehead atoms. The molecule has 1 aliphatic rings. The Morgan fingerprint density at radius 1 is 1.32 bits per heavy atom. The number of nitrogens with zero attached hydrogens (tertiary/aromatic N) is 4. The van der Waals surface area contributed by atoms with E-state index in [9.17, 15) is 4.79 Å². The number of rotatable bonds is 6. The smallest absolute Gasteiger partial charge is 0.254 e. The van der Waals surface area contributed by atoms with Crippen molar-refractivity contribution in [2.24, 2.45) is 0 Å². The van der Waals surface area contributed by atoms with Gasteiger partial charge in [0.25, 0.3) is 5.91 Å². The number of hydrogen-bond acceptors (Lipinski definition) is 5. The fraction of sp³-hybridized carbons (Fsp3) is 0.500. The third-order valence-corrected chi connectivity index (χ3v) is 4.28. The van der Waals surface area contributed by atoms with Gasteiger partial charge >= 0.3 is 0 Å². The highest BCUT2D eigenvalue weighted by molar-refractivity contribution is 5.95. The van der Waals surface area contributed by atoms with Crippen LogP contribution in [0.5, 0.6) is 0 Å². The van der Waals surface area contributed by atoms with Crippen molar-refractivity contribution in [2.45, 2.75) is 19.8 Å². The maximum atomic E-state index is 12.6. The van der Waals surface area contributed by atoms with Crippen LogP contribution in [-0.2, 0) is 4.74 Å². The zero-order valence-electron chi connectivity index (χ0n) is 14.8. The molecular formula is C18H25N5O2. The van der Waals surface area contributed by atoms with Crippen LogP contribution in [0.25, 0.3) is 5.82 Å². The van der Waals surface area contributed by atoms with E-state index in [0.717, 1.165) is 44.4 Å². The van der Waals surface area contributed by atoms with Crippen LogP contribution in [0.4, 0.5) is 0 Å². The van der Waals surface area contributed by atoms with Crippen LogP contribution in [0.3, 0.4) is 0 Å². The van der Waals surface area contributed by atoms with E-state index in [1.165, 1.54) is 0 Å². The van der Waals surface area contributed by atoms with E-state index < -0.39 is 0 Å². The molecule has 1 N–H and O–H groups in total. The third kappa shape index (κ3) is 4.24. The number of carbonyl (C=O) groups excluding carboxylic acids is 1. The molecule has 134 valence electrons. The summed E-state index contributed by atoms with van der Waals surface area (Å²) in [6, 6.07) is 5.66. The van der Waals surface area contributed by atoms with Gasteiger partial charge in [0.2, 0.25) is 0 Å². The molecule has 3 rings (SSSR count). The Labute approximate surface area is 148 Å². The molecule has 0 radical (unpaired) electrons. The standard InChI is InChI=1S/C18H25N5O2/c1-14(2)17-15(13-21-23(17)16-5-3-4-6-19-16)18(24)20-7-8-22-9-11-25-12-10-22/h3-6,13-14H,7-12H2,1-2H3,(H,20,24). The van der Waals surface area contributed by atoms with Gasteiger partial charge in [-0.2, -0.15) is 5.10 Å². The fourth-order valence-electron chi connectivity index (χ4n) is 3.00. The van der Waals surface area contributed by atoms with E-state index in [0.29, 0.717) is 12.1 Å². The summed E-state index contributed by atoms with van der Waals surface area (Å²) < 4.78 is 7.09. The quantitative estimate of drug-likeness (QED) is 0.859. The Balaban J connectivity index is 1.68. The van der Waals surface area contributed by atoms with Crippen molar-refractivity contribution in [2.75, 3.05) is 39.4 Å². The third-order valence-electron chi connectivity index (χ3n) is 4.28. The molecule has 0 saturated carbocycles. The molecule has 7 heteroatoms. The number of nitrogens with one attached hydrogen (secondary N) is 1. The second-order valence-corrected chi connectivity index (χ2v) is 6.41. The van der Waals surface area contributed by atoms with Gasteiger partial charge in [0.15, 0.2) is 5.82 Å². The lowest BCUT2D eigenvalue weighted by Crippen LogP contribution is -2.41. The maximum absolute atomic E-state index is 12.6. The monoisotopic (exact) mass is 343 g/mol. The average Bonchev–Trinajstić information content (AvgIpc) is 3.09. The summed E-state index contributed by atoms with van der Waals surface area (Å²) in [5.41, 5.74) is 1.49. The van der Waals surface area contributed by atoms with Gasteiger partial charge in [-0.25, -0.2) is 9.67 Å². The van der Waals surface area contributed by atoms with Gasteiger partial charge < -0.3 is 10.1 Å². The Kier molecular flexibility index (Phi) is 5.78. The average molecular weight is 343 g/mol. The zero-order valence-corrected chi connectivity index (χ0v) is 14.8. The Hall–Kier alpha value is -2.25. The van der Waals surface area contributed by atoms with Crippen LogP contribution in [0, 0.1) is 0 Å². The van der Waals surface area contributed by atoms with Crippen LogP contribution in [-0.4, -0.2) is 65.0 Å². The Morgan fingerprint density at radius 3 is 2.80 bits per heavy atom. The van der Waals surface area contributed by atoms with Crippen molar-refractivity contribution in [3.8, 4) is 5.82 Å². The molecule has 7 nitrogen and oxygen atoms in total. The van der Waals surface area contributed by atoms with E-state index in [-0.39, 0.29) is 11.8 Å². The number of carbonyl (C=O) groups is 1. The topological polar surface area (TPSA) is 72.3 Å². The number of pyridine rings is 1. The zero-order chi connectivity index (χ0) is 17.6. The van der Waals surface area contributed by atoms with Crippen molar-refractivity contribution < 1.29 is 9.53 Å². The van der Waals surface area contributed by atoms with E-state index in [1.807, 2.05) is 18.2 Å². The summed E-state index contributed by atoms with van der Waals surface area (Å²) in [7, 11) is 0. The highest BCUT2D eigenvalue weighted by Crippen LogP contribution is 2.22. The van der Waals surface area contributed by atoms with Crippen molar-refractivity contribution in [1.82, 2.24) is 25.0 Å². The van der Waals surface area contributed by atoms with E-state index in [2.05, 4.69) is 34.1 Å². The first kappa shape index (κ1) is 17.6. The highest BCUT2D eigenvalue weighted by Gasteiger charge is 2.21. The molecule has 1 saturated heterocycles. The van der Waals surface area contributed by atoms with Gasteiger partial charge in [-0.1, -0.05) is 19.9 Å². The Morgan fingerprint density at radius 2 is 2.12 bits per heavy atom. The largest absolute Gasteiger partial charge is 0.379 e. The second-order valence-electron chi connectivity index (χ2n) is 6.41. The first-order chi connectivity index (χ1) is 12.2. The number of amides is 1. The number of morpholine rings is 1. The molecule has 2 aromatic heterocycles. The minimum atomic E-state index is -0.0841. The van der Waals surface area contributed by atoms with Gasteiger partial charge in [0, 0.05) is 32.4 Å². The van der Waals surface area contributed by atoms with Crippen LogP contribution >= 0.6 is 0 Å². The second kappa shape index (κ2) is 8.22. The van der Waals surface area contributed by atoms with E-state index >= 15 is 0 Å². The first-order valence-electron chi connectivity index (χ1n) is 8.74. The number of ether oxygens (including phenoxy) is 1. The fourth-order valence-corrected chi connectivity index (χ4v) is 3.00. The summed E-state index contributed by atoms with van der Waals surface area (Å²) in [5.74, 6) is 0.794. The normalized spacial score (nSPS) is 15.5. The molecule has 0 atom stereocenters. The van der Waals surface area contributed by atoms with Crippen molar-refractivity contribution >= 4 is 5.91 Å². The minimum Gasteiger partial charge on any atom is -0.379 e. The summed E-state index contributed by atoms with van der Waals surface area (Å²) in [6.07, 6.45) is 3.36. The molecule has 1 aliphatic heterocycles. The molecule has 0 unspecified atom stereocenters. The van der Waals surface area contributed by atoms with Crippen molar-refractivity contribution in [3.63, 3.8) is 0 Å². The SMILES string of the molecule is CC(C)c1c(C(=O)NCCN2CCOCC2)cnn1-c1ccccn1. The predicted octanol–water partition coefficient (Wildman–Crippen LogP) is 1.45. The van der Waals surface area contributed by atoms with Gasteiger partial charge in [0.1, 0.15) is 0 Å². The Bertz CT molecular complexity index is 693. The van der Waals surface area contributed by atoms with Crippen LogP contribution in [0.2, 0.25) is 0 Å². The molecule has 0 spiro atoms.